The molecular formula is C29H44O7S2+2. The maximum absolute atomic E-state index is 5.64. The zero-order valence-corrected chi connectivity index (χ0v) is 24.5. The molecule has 0 bridgehead atoms. The van der Waals surface area contributed by atoms with Crippen LogP contribution in [0.25, 0.3) is 0 Å². The van der Waals surface area contributed by atoms with Crippen molar-refractivity contribution < 1.29 is 33.2 Å². The van der Waals surface area contributed by atoms with E-state index in [0.29, 0.717) is 61.4 Å². The monoisotopic (exact) mass is 568 g/mol. The molecule has 2 aromatic carbocycles. The van der Waals surface area contributed by atoms with Crippen LogP contribution < -0.4 is 9.47 Å². The van der Waals surface area contributed by atoms with E-state index in [0.717, 1.165) is 67.5 Å². The minimum absolute atomic E-state index is 0.353. The van der Waals surface area contributed by atoms with Crippen LogP contribution in [-0.2, 0) is 45.5 Å². The second-order valence-electron chi connectivity index (χ2n) is 8.47. The van der Waals surface area contributed by atoms with Crippen molar-refractivity contribution in [3.05, 3.63) is 48.5 Å². The van der Waals surface area contributed by atoms with E-state index in [2.05, 4.69) is 36.4 Å². The molecule has 2 heterocycles. The molecule has 0 unspecified atom stereocenters. The number of methoxy groups -OCH3 is 1. The van der Waals surface area contributed by atoms with Crippen molar-refractivity contribution >= 4 is 21.8 Å². The normalized spacial score (nSPS) is 16.5. The first-order valence-electron chi connectivity index (χ1n) is 13.4. The number of hydrogen-bond acceptors (Lipinski definition) is 7. The Labute approximate surface area is 234 Å². The SMILES string of the molecule is CCOCCOc1ccc([S+]2CCOCC2)cc1.COCCOCCOc1ccc([S+]2CCOCC2)cc1. The van der Waals surface area contributed by atoms with Gasteiger partial charge < -0.3 is 33.2 Å². The van der Waals surface area contributed by atoms with E-state index in [9.17, 15) is 0 Å². The largest absolute Gasteiger partial charge is 0.491 e. The summed E-state index contributed by atoms with van der Waals surface area (Å²) in [5.41, 5.74) is 0. The number of benzene rings is 2. The van der Waals surface area contributed by atoms with Crippen LogP contribution in [0, 0.1) is 0 Å². The van der Waals surface area contributed by atoms with Gasteiger partial charge >= 0.3 is 0 Å². The van der Waals surface area contributed by atoms with Crippen LogP contribution in [0.2, 0.25) is 0 Å². The average molecular weight is 569 g/mol. The summed E-state index contributed by atoms with van der Waals surface area (Å²) < 4.78 is 37.5. The van der Waals surface area contributed by atoms with E-state index in [4.69, 9.17) is 33.2 Å². The Morgan fingerprint density at radius 3 is 1.42 bits per heavy atom. The molecule has 9 heteroatoms. The quantitative estimate of drug-likeness (QED) is 0.253. The van der Waals surface area contributed by atoms with Gasteiger partial charge in [0.2, 0.25) is 0 Å². The Hall–Kier alpha value is -1.46. The van der Waals surface area contributed by atoms with Gasteiger partial charge in [-0.05, 0) is 55.5 Å². The highest BCUT2D eigenvalue weighted by Gasteiger charge is 2.25. The lowest BCUT2D eigenvalue weighted by atomic mass is 10.3. The molecule has 7 nitrogen and oxygen atoms in total. The van der Waals surface area contributed by atoms with Gasteiger partial charge in [0.25, 0.3) is 0 Å². The first-order chi connectivity index (χ1) is 18.8. The molecule has 0 atom stereocenters. The Morgan fingerprint density at radius 2 is 1.00 bits per heavy atom. The highest BCUT2D eigenvalue weighted by Crippen LogP contribution is 2.21. The lowest BCUT2D eigenvalue weighted by Crippen LogP contribution is -2.26. The molecule has 4 rings (SSSR count). The summed E-state index contributed by atoms with van der Waals surface area (Å²) in [6.07, 6.45) is 0. The molecule has 2 aromatic rings. The van der Waals surface area contributed by atoms with Gasteiger partial charge in [0.05, 0.1) is 52.9 Å². The van der Waals surface area contributed by atoms with E-state index in [1.165, 1.54) is 9.79 Å². The topological polar surface area (TPSA) is 64.6 Å². The summed E-state index contributed by atoms with van der Waals surface area (Å²) in [4.78, 5) is 2.84. The first-order valence-corrected chi connectivity index (χ1v) is 16.5. The van der Waals surface area contributed by atoms with Gasteiger partial charge in [0, 0.05) is 35.5 Å². The van der Waals surface area contributed by atoms with Crippen LogP contribution in [0.1, 0.15) is 6.92 Å². The Kier molecular flexibility index (Phi) is 16.0. The third-order valence-electron chi connectivity index (χ3n) is 5.84. The summed E-state index contributed by atoms with van der Waals surface area (Å²) in [6.45, 7) is 9.98. The Morgan fingerprint density at radius 1 is 0.579 bits per heavy atom. The van der Waals surface area contributed by atoms with Gasteiger partial charge in [0.1, 0.15) is 47.7 Å². The van der Waals surface area contributed by atoms with Crippen LogP contribution in [0.3, 0.4) is 0 Å². The third-order valence-corrected chi connectivity index (χ3v) is 10.4. The van der Waals surface area contributed by atoms with Crippen molar-refractivity contribution in [2.45, 2.75) is 16.7 Å². The second kappa shape index (κ2) is 19.6. The molecule has 212 valence electrons. The molecule has 0 spiro atoms. The molecule has 38 heavy (non-hydrogen) atoms. The summed E-state index contributed by atoms with van der Waals surface area (Å²) in [7, 11) is 2.39. The van der Waals surface area contributed by atoms with Crippen LogP contribution in [0.15, 0.2) is 58.3 Å². The Bertz CT molecular complexity index is 839. The van der Waals surface area contributed by atoms with Crippen molar-refractivity contribution in [1.82, 2.24) is 0 Å². The van der Waals surface area contributed by atoms with E-state index in [-0.39, 0.29) is 0 Å². The smallest absolute Gasteiger partial charge is 0.155 e. The van der Waals surface area contributed by atoms with Gasteiger partial charge in [-0.2, -0.15) is 0 Å². The van der Waals surface area contributed by atoms with Gasteiger partial charge in [-0.25, -0.2) is 0 Å². The van der Waals surface area contributed by atoms with E-state index in [1.807, 2.05) is 19.1 Å². The summed E-state index contributed by atoms with van der Waals surface area (Å²) >= 11 is 0. The fourth-order valence-corrected chi connectivity index (χ4v) is 7.47. The molecule has 0 aromatic heterocycles. The van der Waals surface area contributed by atoms with Gasteiger partial charge in [-0.15, -0.1) is 0 Å². The van der Waals surface area contributed by atoms with Crippen molar-refractivity contribution in [2.75, 3.05) is 103 Å². The molecule has 2 aliphatic heterocycles. The zero-order chi connectivity index (χ0) is 26.7. The molecule has 2 aliphatic rings. The molecule has 0 saturated carbocycles. The zero-order valence-electron chi connectivity index (χ0n) is 22.9. The van der Waals surface area contributed by atoms with Crippen molar-refractivity contribution in [3.63, 3.8) is 0 Å². The molecule has 2 fully saturated rings. The maximum atomic E-state index is 5.64. The molecule has 0 amide bonds. The van der Waals surface area contributed by atoms with Crippen LogP contribution in [-0.4, -0.2) is 103 Å². The van der Waals surface area contributed by atoms with Gasteiger partial charge in [-0.1, -0.05) is 0 Å². The molecule has 2 saturated heterocycles. The van der Waals surface area contributed by atoms with E-state index < -0.39 is 0 Å². The predicted octanol–water partition coefficient (Wildman–Crippen LogP) is 3.85. The summed E-state index contributed by atoms with van der Waals surface area (Å²) in [5.74, 6) is 6.44. The number of rotatable bonds is 14. The molecule has 0 radical (unpaired) electrons. The van der Waals surface area contributed by atoms with E-state index >= 15 is 0 Å². The van der Waals surface area contributed by atoms with Gasteiger partial charge in [0.15, 0.2) is 9.79 Å². The molecule has 0 aliphatic carbocycles. The van der Waals surface area contributed by atoms with Crippen molar-refractivity contribution in [3.8, 4) is 11.5 Å². The molecular weight excluding hydrogens is 524 g/mol. The standard InChI is InChI=1S/C15H23O4S.C14H21O3S/c1-16-6-7-17-8-9-19-14-2-4-15(5-3-14)20-12-10-18-11-13-20;1-2-15-7-8-17-13-3-5-14(6-4-13)18-11-9-16-10-12-18/h2-5H,6-13H2,1H3;3-6H,2,7-12H2,1H3/q2*+1. The fraction of sp³-hybridized carbons (Fsp3) is 0.586. The average Bonchev–Trinajstić information content (AvgIpc) is 2.99. The van der Waals surface area contributed by atoms with E-state index in [1.54, 1.807) is 7.11 Å². The number of hydrogen-bond donors (Lipinski definition) is 0. The maximum Gasteiger partial charge on any atom is 0.155 e. The third kappa shape index (κ3) is 12.2. The summed E-state index contributed by atoms with van der Waals surface area (Å²) in [5, 5.41) is 0. The van der Waals surface area contributed by atoms with Crippen LogP contribution >= 0.6 is 0 Å². The van der Waals surface area contributed by atoms with Crippen molar-refractivity contribution in [2.24, 2.45) is 0 Å². The minimum Gasteiger partial charge on any atom is -0.491 e. The second-order valence-corrected chi connectivity index (χ2v) is 13.0. The van der Waals surface area contributed by atoms with Crippen LogP contribution in [0.4, 0.5) is 0 Å². The van der Waals surface area contributed by atoms with Gasteiger partial charge in [-0.3, -0.25) is 0 Å². The first kappa shape index (κ1) is 31.1. The number of ether oxygens (including phenoxy) is 7. The predicted molar refractivity (Wildman–Crippen MR) is 155 cm³/mol. The fourth-order valence-electron chi connectivity index (χ4n) is 3.80. The highest BCUT2D eigenvalue weighted by atomic mass is 32.2. The van der Waals surface area contributed by atoms with Crippen molar-refractivity contribution in [1.29, 1.82) is 0 Å². The summed E-state index contributed by atoms with van der Waals surface area (Å²) in [6, 6.07) is 16.9. The van der Waals surface area contributed by atoms with Crippen LogP contribution in [0.5, 0.6) is 11.5 Å². The Balaban J connectivity index is 0.000000212. The minimum atomic E-state index is 0.353. The molecule has 0 N–H and O–H groups in total. The highest BCUT2D eigenvalue weighted by molar-refractivity contribution is 7.97. The lowest BCUT2D eigenvalue weighted by Gasteiger charge is -2.14. The lowest BCUT2D eigenvalue weighted by molar-refractivity contribution is 0.0544.